The van der Waals surface area contributed by atoms with Crippen molar-refractivity contribution < 1.29 is 17.9 Å². The average molecular weight is 479 g/mol. The second-order valence-corrected chi connectivity index (χ2v) is 10.5. The number of hydrogen-bond acceptors (Lipinski definition) is 4. The Morgan fingerprint density at radius 2 is 1.47 bits per heavy atom. The van der Waals surface area contributed by atoms with Crippen LogP contribution in [0.2, 0.25) is 0 Å². The molecule has 0 aliphatic rings. The van der Waals surface area contributed by atoms with Gasteiger partial charge in [0.15, 0.2) is 0 Å². The zero-order valence-corrected chi connectivity index (χ0v) is 20.6. The summed E-state index contributed by atoms with van der Waals surface area (Å²) in [7, 11) is -3.76. The molecule has 3 aromatic carbocycles. The van der Waals surface area contributed by atoms with Gasteiger partial charge in [0.25, 0.3) is 10.0 Å². The average Bonchev–Trinajstić information content (AvgIpc) is 2.79. The van der Waals surface area contributed by atoms with Crippen LogP contribution in [-0.4, -0.2) is 20.9 Å². The molecular formula is C27H30N2O4S. The van der Waals surface area contributed by atoms with Crippen LogP contribution in [-0.2, 0) is 20.2 Å². The van der Waals surface area contributed by atoms with Crippen molar-refractivity contribution in [2.75, 3.05) is 16.6 Å². The fourth-order valence-corrected chi connectivity index (χ4v) is 4.23. The minimum atomic E-state index is -3.76. The molecule has 1 amide bonds. The van der Waals surface area contributed by atoms with Crippen LogP contribution >= 0.6 is 0 Å². The molecule has 0 bridgehead atoms. The van der Waals surface area contributed by atoms with E-state index in [4.69, 9.17) is 4.74 Å². The standard InChI is InChI=1S/C27H30N2O4S/c1-5-33-24-15-11-23(12-16-24)29-34(31,32)25-17-13-22(14-18-25)28-26(30)19-8-20-6-9-21(10-7-20)27(2,3)4/h6-19,29H,5H2,1-4H3,(H,28,30)/b19-8+. The molecule has 0 radical (unpaired) electrons. The summed E-state index contributed by atoms with van der Waals surface area (Å²) in [5, 5.41) is 2.74. The topological polar surface area (TPSA) is 84.5 Å². The quantitative estimate of drug-likeness (QED) is 0.399. The van der Waals surface area contributed by atoms with Crippen LogP contribution < -0.4 is 14.8 Å². The van der Waals surface area contributed by atoms with Crippen molar-refractivity contribution in [3.8, 4) is 5.75 Å². The molecule has 3 aromatic rings. The molecule has 0 aliphatic heterocycles. The number of rotatable bonds is 8. The summed E-state index contributed by atoms with van der Waals surface area (Å²) in [5.41, 5.74) is 3.15. The van der Waals surface area contributed by atoms with E-state index in [1.54, 1.807) is 42.5 Å². The SMILES string of the molecule is CCOc1ccc(NS(=O)(=O)c2ccc(NC(=O)/C=C/c3ccc(C(C)(C)C)cc3)cc2)cc1. The van der Waals surface area contributed by atoms with Crippen LogP contribution in [0.15, 0.2) is 83.8 Å². The molecule has 34 heavy (non-hydrogen) atoms. The lowest BCUT2D eigenvalue weighted by Crippen LogP contribution is -2.13. The number of carbonyl (C=O) groups excluding carboxylic acids is 1. The first-order chi connectivity index (χ1) is 16.1. The third kappa shape index (κ3) is 6.96. The molecule has 178 valence electrons. The molecule has 2 N–H and O–H groups in total. The van der Waals surface area contributed by atoms with Gasteiger partial charge >= 0.3 is 0 Å². The van der Waals surface area contributed by atoms with Crippen LogP contribution in [0.3, 0.4) is 0 Å². The minimum Gasteiger partial charge on any atom is -0.494 e. The smallest absolute Gasteiger partial charge is 0.261 e. The molecule has 0 saturated heterocycles. The number of sulfonamides is 1. The number of anilines is 2. The Bertz CT molecular complexity index is 1240. The van der Waals surface area contributed by atoms with E-state index in [0.29, 0.717) is 23.7 Å². The van der Waals surface area contributed by atoms with Gasteiger partial charge in [-0.1, -0.05) is 45.0 Å². The third-order valence-corrected chi connectivity index (χ3v) is 6.45. The molecule has 0 spiro atoms. The first-order valence-corrected chi connectivity index (χ1v) is 12.5. The van der Waals surface area contributed by atoms with Crippen molar-refractivity contribution >= 4 is 33.4 Å². The van der Waals surface area contributed by atoms with Crippen LogP contribution in [0.5, 0.6) is 5.75 Å². The molecular weight excluding hydrogens is 448 g/mol. The van der Waals surface area contributed by atoms with E-state index in [-0.39, 0.29) is 16.2 Å². The summed E-state index contributed by atoms with van der Waals surface area (Å²) in [6, 6.07) is 20.7. The van der Waals surface area contributed by atoms with Crippen molar-refractivity contribution in [1.29, 1.82) is 0 Å². The normalized spacial score (nSPS) is 11.9. The van der Waals surface area contributed by atoms with Gasteiger partial charge in [-0.3, -0.25) is 9.52 Å². The summed E-state index contributed by atoms with van der Waals surface area (Å²) >= 11 is 0. The molecule has 3 rings (SSSR count). The van der Waals surface area contributed by atoms with Crippen LogP contribution in [0.1, 0.15) is 38.8 Å². The Labute approximate surface area is 201 Å². The van der Waals surface area contributed by atoms with E-state index in [1.807, 2.05) is 19.1 Å². The second kappa shape index (κ2) is 10.6. The van der Waals surface area contributed by atoms with Crippen molar-refractivity contribution in [3.63, 3.8) is 0 Å². The van der Waals surface area contributed by atoms with Gasteiger partial charge in [0.05, 0.1) is 11.5 Å². The van der Waals surface area contributed by atoms with E-state index in [1.165, 1.54) is 23.8 Å². The fraction of sp³-hybridized carbons (Fsp3) is 0.222. The first kappa shape index (κ1) is 25.1. The molecule has 0 aromatic heterocycles. The summed E-state index contributed by atoms with van der Waals surface area (Å²) in [5.74, 6) is 0.365. The van der Waals surface area contributed by atoms with E-state index >= 15 is 0 Å². The Morgan fingerprint density at radius 1 is 0.882 bits per heavy atom. The highest BCUT2D eigenvalue weighted by Gasteiger charge is 2.15. The van der Waals surface area contributed by atoms with Gasteiger partial charge in [-0.15, -0.1) is 0 Å². The summed E-state index contributed by atoms with van der Waals surface area (Å²) < 4.78 is 33.2. The Morgan fingerprint density at radius 3 is 2.03 bits per heavy atom. The highest BCUT2D eigenvalue weighted by Crippen LogP contribution is 2.23. The molecule has 0 atom stereocenters. The van der Waals surface area contributed by atoms with Crippen LogP contribution in [0.25, 0.3) is 6.08 Å². The molecule has 0 fully saturated rings. The predicted molar refractivity (Wildman–Crippen MR) is 138 cm³/mol. The Kier molecular flexibility index (Phi) is 7.79. The van der Waals surface area contributed by atoms with E-state index in [9.17, 15) is 13.2 Å². The van der Waals surface area contributed by atoms with Gasteiger partial charge in [0, 0.05) is 17.5 Å². The number of carbonyl (C=O) groups is 1. The molecule has 6 nitrogen and oxygen atoms in total. The van der Waals surface area contributed by atoms with Gasteiger partial charge in [-0.2, -0.15) is 0 Å². The van der Waals surface area contributed by atoms with Gasteiger partial charge in [-0.25, -0.2) is 8.42 Å². The van der Waals surface area contributed by atoms with E-state index in [2.05, 4.69) is 42.9 Å². The van der Waals surface area contributed by atoms with Crippen molar-refractivity contribution in [2.45, 2.75) is 38.0 Å². The van der Waals surface area contributed by atoms with E-state index in [0.717, 1.165) is 5.56 Å². The monoisotopic (exact) mass is 478 g/mol. The maximum atomic E-state index is 12.7. The number of ether oxygens (including phenoxy) is 1. The number of hydrogen-bond donors (Lipinski definition) is 2. The van der Waals surface area contributed by atoms with Crippen LogP contribution in [0.4, 0.5) is 11.4 Å². The lowest BCUT2D eigenvalue weighted by atomic mass is 9.87. The zero-order chi connectivity index (χ0) is 24.8. The minimum absolute atomic E-state index is 0.0724. The molecule has 7 heteroatoms. The molecule has 0 saturated carbocycles. The highest BCUT2D eigenvalue weighted by molar-refractivity contribution is 7.92. The van der Waals surface area contributed by atoms with Gasteiger partial charge in [-0.05, 0) is 78.1 Å². The fourth-order valence-electron chi connectivity index (χ4n) is 3.17. The first-order valence-electron chi connectivity index (χ1n) is 11.0. The second-order valence-electron chi connectivity index (χ2n) is 8.78. The Balaban J connectivity index is 1.60. The maximum absolute atomic E-state index is 12.7. The lowest BCUT2D eigenvalue weighted by Gasteiger charge is -2.18. The summed E-state index contributed by atoms with van der Waals surface area (Å²) in [6.45, 7) is 8.87. The lowest BCUT2D eigenvalue weighted by molar-refractivity contribution is -0.111. The largest absolute Gasteiger partial charge is 0.494 e. The van der Waals surface area contributed by atoms with Crippen LogP contribution in [0, 0.1) is 0 Å². The predicted octanol–water partition coefficient (Wildman–Crippen LogP) is 5.84. The van der Waals surface area contributed by atoms with Crippen molar-refractivity contribution in [2.24, 2.45) is 0 Å². The molecule has 0 heterocycles. The molecule has 0 aliphatic carbocycles. The summed E-state index contributed by atoms with van der Waals surface area (Å²) in [4.78, 5) is 12.4. The van der Waals surface area contributed by atoms with Gasteiger partial charge < -0.3 is 10.1 Å². The highest BCUT2D eigenvalue weighted by atomic mass is 32.2. The summed E-state index contributed by atoms with van der Waals surface area (Å²) in [6.07, 6.45) is 3.19. The van der Waals surface area contributed by atoms with Gasteiger partial charge in [0.2, 0.25) is 5.91 Å². The number of nitrogens with one attached hydrogen (secondary N) is 2. The zero-order valence-electron chi connectivity index (χ0n) is 19.8. The molecule has 0 unspecified atom stereocenters. The van der Waals surface area contributed by atoms with Crippen molar-refractivity contribution in [1.82, 2.24) is 0 Å². The van der Waals surface area contributed by atoms with E-state index < -0.39 is 10.0 Å². The number of benzene rings is 3. The number of amides is 1. The third-order valence-electron chi connectivity index (χ3n) is 5.05. The van der Waals surface area contributed by atoms with Gasteiger partial charge in [0.1, 0.15) is 5.75 Å². The Hall–Kier alpha value is -3.58. The maximum Gasteiger partial charge on any atom is 0.261 e. The van der Waals surface area contributed by atoms with Crippen molar-refractivity contribution in [3.05, 3.63) is 90.0 Å².